The summed E-state index contributed by atoms with van der Waals surface area (Å²) in [5.74, 6) is -0.905. The molecule has 0 aromatic heterocycles. The Labute approximate surface area is 115 Å². The summed E-state index contributed by atoms with van der Waals surface area (Å²) in [6, 6.07) is 14.8. The topological polar surface area (TPSA) is 54.4 Å². The zero-order valence-electron chi connectivity index (χ0n) is 10.1. The van der Waals surface area contributed by atoms with Crippen LogP contribution in [0.3, 0.4) is 0 Å². The van der Waals surface area contributed by atoms with E-state index >= 15 is 0 Å². The number of hydrogen-bond donors (Lipinski definition) is 1. The zero-order valence-corrected chi connectivity index (χ0v) is 10.9. The molecule has 0 aliphatic rings. The van der Waals surface area contributed by atoms with Crippen LogP contribution >= 0.6 is 11.8 Å². The first-order valence-corrected chi connectivity index (χ1v) is 6.53. The van der Waals surface area contributed by atoms with Crippen LogP contribution in [0.15, 0.2) is 58.3 Å². The summed E-state index contributed by atoms with van der Waals surface area (Å²) < 4.78 is 0. The highest BCUT2D eigenvalue weighted by molar-refractivity contribution is 7.99. The number of rotatable bonds is 5. The van der Waals surface area contributed by atoms with Crippen LogP contribution in [0.25, 0.3) is 0 Å². The van der Waals surface area contributed by atoms with Gasteiger partial charge in [-0.1, -0.05) is 36.0 Å². The average molecular weight is 272 g/mol. The molecule has 0 fully saturated rings. The van der Waals surface area contributed by atoms with E-state index in [9.17, 15) is 9.59 Å². The molecule has 0 heterocycles. The van der Waals surface area contributed by atoms with Gasteiger partial charge in [0, 0.05) is 15.4 Å². The Kier molecular flexibility index (Phi) is 4.36. The number of carbonyl (C=O) groups is 2. The van der Waals surface area contributed by atoms with Crippen LogP contribution < -0.4 is 0 Å². The van der Waals surface area contributed by atoms with Crippen LogP contribution in [0.2, 0.25) is 0 Å². The molecule has 0 aliphatic heterocycles. The Morgan fingerprint density at radius 2 is 1.89 bits per heavy atom. The van der Waals surface area contributed by atoms with Crippen molar-refractivity contribution in [3.63, 3.8) is 0 Å². The maximum atomic E-state index is 10.9. The van der Waals surface area contributed by atoms with E-state index in [0.717, 1.165) is 16.1 Å². The lowest BCUT2D eigenvalue weighted by Gasteiger charge is -2.08. The molecule has 0 aliphatic carbocycles. The molecule has 3 nitrogen and oxygen atoms in total. The molecule has 0 saturated carbocycles. The first-order chi connectivity index (χ1) is 9.19. The highest BCUT2D eigenvalue weighted by atomic mass is 32.2. The standard InChI is InChI=1S/C15H12O3S/c16-10-11-6-7-14(12(8-11)9-15(17)18)19-13-4-2-1-3-5-13/h1-8,10H,9H2,(H,17,18). The molecule has 0 saturated heterocycles. The van der Waals surface area contributed by atoms with Crippen molar-refractivity contribution >= 4 is 24.0 Å². The van der Waals surface area contributed by atoms with Gasteiger partial charge in [-0.05, 0) is 29.8 Å². The van der Waals surface area contributed by atoms with Gasteiger partial charge in [0.25, 0.3) is 0 Å². The van der Waals surface area contributed by atoms with Crippen molar-refractivity contribution in [1.82, 2.24) is 0 Å². The molecular weight excluding hydrogens is 260 g/mol. The van der Waals surface area contributed by atoms with Gasteiger partial charge < -0.3 is 5.11 Å². The van der Waals surface area contributed by atoms with Gasteiger partial charge in [0.05, 0.1) is 6.42 Å². The van der Waals surface area contributed by atoms with Gasteiger partial charge >= 0.3 is 5.97 Å². The summed E-state index contributed by atoms with van der Waals surface area (Å²) in [6.07, 6.45) is 0.638. The molecule has 2 aromatic carbocycles. The van der Waals surface area contributed by atoms with Crippen LogP contribution in [0.4, 0.5) is 0 Å². The molecule has 0 unspecified atom stereocenters. The summed E-state index contributed by atoms with van der Waals surface area (Å²) in [7, 11) is 0. The second-order valence-corrected chi connectivity index (χ2v) is 5.09. The lowest BCUT2D eigenvalue weighted by Crippen LogP contribution is -2.02. The van der Waals surface area contributed by atoms with Gasteiger partial charge in [-0.2, -0.15) is 0 Å². The Balaban J connectivity index is 2.33. The molecule has 96 valence electrons. The summed E-state index contributed by atoms with van der Waals surface area (Å²) in [5, 5.41) is 8.92. The number of carboxylic acids is 1. The van der Waals surface area contributed by atoms with Crippen molar-refractivity contribution in [2.24, 2.45) is 0 Å². The van der Waals surface area contributed by atoms with Gasteiger partial charge in [0.1, 0.15) is 6.29 Å². The fourth-order valence-electron chi connectivity index (χ4n) is 1.69. The lowest BCUT2D eigenvalue weighted by atomic mass is 10.1. The maximum absolute atomic E-state index is 10.9. The molecule has 4 heteroatoms. The van der Waals surface area contributed by atoms with Gasteiger partial charge in [-0.25, -0.2) is 0 Å². The Bertz CT molecular complexity index is 594. The normalized spacial score (nSPS) is 10.1. The fraction of sp³-hybridized carbons (Fsp3) is 0.0667. The van der Waals surface area contributed by atoms with E-state index in [1.807, 2.05) is 30.3 Å². The second kappa shape index (κ2) is 6.20. The SMILES string of the molecule is O=Cc1ccc(Sc2ccccc2)c(CC(=O)O)c1. The molecular formula is C15H12O3S. The summed E-state index contributed by atoms with van der Waals surface area (Å²) >= 11 is 1.50. The highest BCUT2D eigenvalue weighted by Gasteiger charge is 2.09. The van der Waals surface area contributed by atoms with Gasteiger partial charge in [0.2, 0.25) is 0 Å². The predicted octanol–water partition coefficient (Wildman–Crippen LogP) is 3.28. The molecule has 2 rings (SSSR count). The third-order valence-corrected chi connectivity index (χ3v) is 3.66. The largest absolute Gasteiger partial charge is 0.481 e. The number of benzene rings is 2. The van der Waals surface area contributed by atoms with Crippen LogP contribution in [-0.4, -0.2) is 17.4 Å². The van der Waals surface area contributed by atoms with Crippen LogP contribution in [0, 0.1) is 0 Å². The summed E-state index contributed by atoms with van der Waals surface area (Å²) in [4.78, 5) is 23.5. The molecule has 0 spiro atoms. The minimum absolute atomic E-state index is 0.0865. The second-order valence-electron chi connectivity index (χ2n) is 3.97. The van der Waals surface area contributed by atoms with Crippen molar-refractivity contribution in [3.05, 3.63) is 59.7 Å². The van der Waals surface area contributed by atoms with Crippen molar-refractivity contribution in [1.29, 1.82) is 0 Å². The van der Waals surface area contributed by atoms with E-state index in [-0.39, 0.29) is 6.42 Å². The lowest BCUT2D eigenvalue weighted by molar-refractivity contribution is -0.136. The smallest absolute Gasteiger partial charge is 0.307 e. The molecule has 0 bridgehead atoms. The van der Waals surface area contributed by atoms with E-state index in [4.69, 9.17) is 5.11 Å². The number of carbonyl (C=O) groups excluding carboxylic acids is 1. The molecule has 0 radical (unpaired) electrons. The number of aliphatic carboxylic acids is 1. The third kappa shape index (κ3) is 3.69. The molecule has 19 heavy (non-hydrogen) atoms. The van der Waals surface area contributed by atoms with Crippen molar-refractivity contribution < 1.29 is 14.7 Å². The predicted molar refractivity (Wildman–Crippen MR) is 73.7 cm³/mol. The van der Waals surface area contributed by atoms with Crippen LogP contribution in [0.5, 0.6) is 0 Å². The van der Waals surface area contributed by atoms with Crippen LogP contribution in [0.1, 0.15) is 15.9 Å². The Morgan fingerprint density at radius 3 is 2.53 bits per heavy atom. The monoisotopic (exact) mass is 272 g/mol. The Morgan fingerprint density at radius 1 is 1.16 bits per heavy atom. The molecule has 0 amide bonds. The van der Waals surface area contributed by atoms with Gasteiger partial charge in [-0.3, -0.25) is 9.59 Å². The first kappa shape index (κ1) is 13.4. The minimum Gasteiger partial charge on any atom is -0.481 e. The zero-order chi connectivity index (χ0) is 13.7. The average Bonchev–Trinajstić information content (AvgIpc) is 2.41. The van der Waals surface area contributed by atoms with Crippen molar-refractivity contribution in [2.75, 3.05) is 0 Å². The number of aldehydes is 1. The van der Waals surface area contributed by atoms with Gasteiger partial charge in [-0.15, -0.1) is 0 Å². The molecule has 0 atom stereocenters. The van der Waals surface area contributed by atoms with E-state index < -0.39 is 5.97 Å². The number of carboxylic acid groups (broad SMARTS) is 1. The van der Waals surface area contributed by atoms with E-state index in [2.05, 4.69) is 0 Å². The summed E-state index contributed by atoms with van der Waals surface area (Å²) in [5.41, 5.74) is 1.15. The van der Waals surface area contributed by atoms with E-state index in [0.29, 0.717) is 11.1 Å². The fourth-order valence-corrected chi connectivity index (χ4v) is 2.63. The maximum Gasteiger partial charge on any atom is 0.307 e. The minimum atomic E-state index is -0.905. The molecule has 2 aromatic rings. The van der Waals surface area contributed by atoms with Crippen molar-refractivity contribution in [3.8, 4) is 0 Å². The Hall–Kier alpha value is -2.07. The first-order valence-electron chi connectivity index (χ1n) is 5.72. The molecule has 1 N–H and O–H groups in total. The number of hydrogen-bond acceptors (Lipinski definition) is 3. The van der Waals surface area contributed by atoms with Crippen LogP contribution in [-0.2, 0) is 11.2 Å². The quantitative estimate of drug-likeness (QED) is 0.849. The van der Waals surface area contributed by atoms with E-state index in [1.165, 1.54) is 11.8 Å². The van der Waals surface area contributed by atoms with Gasteiger partial charge in [0.15, 0.2) is 0 Å². The van der Waals surface area contributed by atoms with Crippen molar-refractivity contribution in [2.45, 2.75) is 16.2 Å². The van der Waals surface area contributed by atoms with E-state index in [1.54, 1.807) is 18.2 Å². The highest BCUT2D eigenvalue weighted by Crippen LogP contribution is 2.31. The summed E-state index contributed by atoms with van der Waals surface area (Å²) in [6.45, 7) is 0. The third-order valence-electron chi connectivity index (χ3n) is 2.53.